The van der Waals surface area contributed by atoms with E-state index in [4.69, 9.17) is 19.9 Å². The highest BCUT2D eigenvalue weighted by Crippen LogP contribution is 2.35. The molecule has 2 unspecified atom stereocenters. The third kappa shape index (κ3) is 1.99. The topological polar surface area (TPSA) is 53.7 Å². The molecule has 0 amide bonds. The molecule has 0 bridgehead atoms. The smallest absolute Gasteiger partial charge is 0.128 e. The van der Waals surface area contributed by atoms with Crippen molar-refractivity contribution in [3.05, 3.63) is 23.8 Å². The van der Waals surface area contributed by atoms with E-state index in [0.29, 0.717) is 6.61 Å². The summed E-state index contributed by atoms with van der Waals surface area (Å²) >= 11 is 0. The third-order valence-corrected chi connectivity index (χ3v) is 2.88. The molecule has 0 saturated carbocycles. The highest BCUT2D eigenvalue weighted by molar-refractivity contribution is 5.42. The maximum atomic E-state index is 5.99. The summed E-state index contributed by atoms with van der Waals surface area (Å²) in [6, 6.07) is 5.74. The Balaban J connectivity index is 2.32. The fourth-order valence-electron chi connectivity index (χ4n) is 1.98. The van der Waals surface area contributed by atoms with Crippen molar-refractivity contribution in [2.45, 2.75) is 18.6 Å². The second kappa shape index (κ2) is 4.72. The van der Waals surface area contributed by atoms with Gasteiger partial charge in [-0.25, -0.2) is 0 Å². The van der Waals surface area contributed by atoms with Crippen LogP contribution in [0.1, 0.15) is 18.1 Å². The highest BCUT2D eigenvalue weighted by atomic mass is 16.5. The lowest BCUT2D eigenvalue weighted by molar-refractivity contribution is 0.102. The average Bonchev–Trinajstić information content (AvgIpc) is 2.74. The summed E-state index contributed by atoms with van der Waals surface area (Å²) in [4.78, 5) is 0. The van der Waals surface area contributed by atoms with Gasteiger partial charge in [0.25, 0.3) is 0 Å². The van der Waals surface area contributed by atoms with Gasteiger partial charge in [0.2, 0.25) is 0 Å². The van der Waals surface area contributed by atoms with Crippen molar-refractivity contribution in [2.24, 2.45) is 5.73 Å². The van der Waals surface area contributed by atoms with Gasteiger partial charge < -0.3 is 19.9 Å². The maximum absolute atomic E-state index is 5.99. The molecule has 1 heterocycles. The molecule has 88 valence electrons. The number of nitrogens with two attached hydrogens (primary N) is 1. The van der Waals surface area contributed by atoms with Gasteiger partial charge >= 0.3 is 0 Å². The van der Waals surface area contributed by atoms with Gasteiger partial charge in [-0.2, -0.15) is 0 Å². The first-order chi connectivity index (χ1) is 7.76. The van der Waals surface area contributed by atoms with E-state index in [1.165, 1.54) is 0 Å². The molecule has 4 nitrogen and oxygen atoms in total. The standard InChI is InChI=1S/C12H17NO3/c1-14-8-3-4-9(11(7-8)15-2)12-10(13)5-6-16-12/h3-4,7,10,12H,5-6,13H2,1-2H3. The molecule has 0 aromatic heterocycles. The van der Waals surface area contributed by atoms with Crippen LogP contribution in [0.3, 0.4) is 0 Å². The van der Waals surface area contributed by atoms with Crippen LogP contribution in [0.4, 0.5) is 0 Å². The Morgan fingerprint density at radius 3 is 2.69 bits per heavy atom. The first kappa shape index (κ1) is 11.2. The fourth-order valence-corrected chi connectivity index (χ4v) is 1.98. The first-order valence-electron chi connectivity index (χ1n) is 5.35. The van der Waals surface area contributed by atoms with Crippen LogP contribution in [0.15, 0.2) is 18.2 Å². The van der Waals surface area contributed by atoms with E-state index in [0.717, 1.165) is 23.5 Å². The molecule has 16 heavy (non-hydrogen) atoms. The van der Waals surface area contributed by atoms with E-state index in [-0.39, 0.29) is 12.1 Å². The number of hydrogen-bond donors (Lipinski definition) is 1. The van der Waals surface area contributed by atoms with Crippen molar-refractivity contribution >= 4 is 0 Å². The Morgan fingerprint density at radius 2 is 2.12 bits per heavy atom. The summed E-state index contributed by atoms with van der Waals surface area (Å²) in [5.41, 5.74) is 6.99. The number of benzene rings is 1. The highest BCUT2D eigenvalue weighted by Gasteiger charge is 2.28. The van der Waals surface area contributed by atoms with Gasteiger partial charge in [-0.05, 0) is 18.6 Å². The summed E-state index contributed by atoms with van der Waals surface area (Å²) < 4.78 is 16.1. The van der Waals surface area contributed by atoms with Crippen LogP contribution in [0.5, 0.6) is 11.5 Å². The minimum Gasteiger partial charge on any atom is -0.497 e. The number of methoxy groups -OCH3 is 2. The predicted molar refractivity (Wildman–Crippen MR) is 60.8 cm³/mol. The Morgan fingerprint density at radius 1 is 1.31 bits per heavy atom. The monoisotopic (exact) mass is 223 g/mol. The predicted octanol–water partition coefficient (Wildman–Crippen LogP) is 1.49. The van der Waals surface area contributed by atoms with Gasteiger partial charge in [0.1, 0.15) is 17.6 Å². The summed E-state index contributed by atoms with van der Waals surface area (Å²) in [6.07, 6.45) is 0.820. The van der Waals surface area contributed by atoms with Gasteiger partial charge in [-0.15, -0.1) is 0 Å². The lowest BCUT2D eigenvalue weighted by Crippen LogP contribution is -2.23. The molecule has 1 saturated heterocycles. The number of ether oxygens (including phenoxy) is 3. The minimum atomic E-state index is -0.0687. The van der Waals surface area contributed by atoms with Gasteiger partial charge in [0.15, 0.2) is 0 Å². The van der Waals surface area contributed by atoms with E-state index in [1.807, 2.05) is 18.2 Å². The fraction of sp³-hybridized carbons (Fsp3) is 0.500. The van der Waals surface area contributed by atoms with E-state index >= 15 is 0 Å². The lowest BCUT2D eigenvalue weighted by atomic mass is 10.0. The molecular weight excluding hydrogens is 206 g/mol. The van der Waals surface area contributed by atoms with Crippen molar-refractivity contribution in [2.75, 3.05) is 20.8 Å². The number of rotatable bonds is 3. The van der Waals surface area contributed by atoms with Gasteiger partial charge in [0, 0.05) is 24.3 Å². The maximum Gasteiger partial charge on any atom is 0.128 e. The van der Waals surface area contributed by atoms with E-state index in [2.05, 4.69) is 0 Å². The third-order valence-electron chi connectivity index (χ3n) is 2.88. The van der Waals surface area contributed by atoms with Crippen LogP contribution >= 0.6 is 0 Å². The van der Waals surface area contributed by atoms with Crippen molar-refractivity contribution in [3.63, 3.8) is 0 Å². The lowest BCUT2D eigenvalue weighted by Gasteiger charge is -2.18. The molecule has 1 aliphatic heterocycles. The minimum absolute atomic E-state index is 0.0438. The molecule has 1 aromatic carbocycles. The number of hydrogen-bond acceptors (Lipinski definition) is 4. The summed E-state index contributed by atoms with van der Waals surface area (Å²) in [6.45, 7) is 0.709. The van der Waals surface area contributed by atoms with E-state index in [1.54, 1.807) is 14.2 Å². The Kier molecular flexibility index (Phi) is 3.31. The van der Waals surface area contributed by atoms with Crippen molar-refractivity contribution in [3.8, 4) is 11.5 Å². The van der Waals surface area contributed by atoms with Gasteiger partial charge in [-0.1, -0.05) is 0 Å². The van der Waals surface area contributed by atoms with Gasteiger partial charge in [0.05, 0.1) is 14.2 Å². The zero-order valence-corrected chi connectivity index (χ0v) is 9.60. The van der Waals surface area contributed by atoms with E-state index in [9.17, 15) is 0 Å². The van der Waals surface area contributed by atoms with Crippen LogP contribution in [-0.4, -0.2) is 26.9 Å². The summed E-state index contributed by atoms with van der Waals surface area (Å²) in [5.74, 6) is 1.54. The molecule has 1 aromatic rings. The molecule has 2 rings (SSSR count). The Labute approximate surface area is 95.3 Å². The molecule has 0 radical (unpaired) electrons. The zero-order chi connectivity index (χ0) is 11.5. The molecular formula is C12H17NO3. The van der Waals surface area contributed by atoms with Crippen molar-refractivity contribution < 1.29 is 14.2 Å². The summed E-state index contributed by atoms with van der Waals surface area (Å²) in [5, 5.41) is 0. The van der Waals surface area contributed by atoms with Crippen molar-refractivity contribution in [1.29, 1.82) is 0 Å². The summed E-state index contributed by atoms with van der Waals surface area (Å²) in [7, 11) is 3.27. The molecule has 1 fully saturated rings. The Hall–Kier alpha value is -1.26. The van der Waals surface area contributed by atoms with Crippen LogP contribution < -0.4 is 15.2 Å². The van der Waals surface area contributed by atoms with Crippen LogP contribution in [0, 0.1) is 0 Å². The molecule has 1 aliphatic rings. The Bertz CT molecular complexity index is 367. The normalized spacial score (nSPS) is 24.4. The molecule has 2 atom stereocenters. The van der Waals surface area contributed by atoms with Crippen LogP contribution in [-0.2, 0) is 4.74 Å². The first-order valence-corrected chi connectivity index (χ1v) is 5.35. The molecule has 0 spiro atoms. The molecule has 4 heteroatoms. The van der Waals surface area contributed by atoms with Gasteiger partial charge in [-0.3, -0.25) is 0 Å². The zero-order valence-electron chi connectivity index (χ0n) is 9.60. The molecule has 2 N–H and O–H groups in total. The second-order valence-corrected chi connectivity index (χ2v) is 3.85. The SMILES string of the molecule is COc1ccc(C2OCCC2N)c(OC)c1. The van der Waals surface area contributed by atoms with E-state index < -0.39 is 0 Å². The molecule has 0 aliphatic carbocycles. The second-order valence-electron chi connectivity index (χ2n) is 3.85. The average molecular weight is 223 g/mol. The van der Waals surface area contributed by atoms with Crippen LogP contribution in [0.2, 0.25) is 0 Å². The van der Waals surface area contributed by atoms with Crippen molar-refractivity contribution in [1.82, 2.24) is 0 Å². The largest absolute Gasteiger partial charge is 0.497 e. The van der Waals surface area contributed by atoms with Crippen LogP contribution in [0.25, 0.3) is 0 Å². The quantitative estimate of drug-likeness (QED) is 0.843.